The van der Waals surface area contributed by atoms with Gasteiger partial charge >= 0.3 is 12.4 Å². The van der Waals surface area contributed by atoms with Gasteiger partial charge in [0.1, 0.15) is 0 Å². The molecule has 0 radical (unpaired) electrons. The van der Waals surface area contributed by atoms with E-state index in [2.05, 4.69) is 9.97 Å². The van der Waals surface area contributed by atoms with Crippen molar-refractivity contribution in [2.75, 3.05) is 0 Å². The Balaban J connectivity index is 1.72. The van der Waals surface area contributed by atoms with Crippen molar-refractivity contribution in [1.82, 2.24) is 9.97 Å². The second-order valence-electron chi connectivity index (χ2n) is 8.60. The summed E-state index contributed by atoms with van der Waals surface area (Å²) < 4.78 is 78.9. The summed E-state index contributed by atoms with van der Waals surface area (Å²) in [5.41, 5.74) is 0.184. The summed E-state index contributed by atoms with van der Waals surface area (Å²) in [4.78, 5) is 9.21. The fraction of sp³-hybridized carbons (Fsp3) is 0.185. The number of nitrogens with zero attached hydrogens (tertiary/aromatic N) is 2. The zero-order valence-electron chi connectivity index (χ0n) is 18.7. The zero-order chi connectivity index (χ0) is 25.4. The predicted octanol–water partition coefficient (Wildman–Crippen LogP) is 8.17. The molecular formula is C27H20F6N2. The zero-order valence-corrected chi connectivity index (χ0v) is 18.7. The third-order valence-corrected chi connectivity index (χ3v) is 5.75. The van der Waals surface area contributed by atoms with E-state index < -0.39 is 28.9 Å². The van der Waals surface area contributed by atoms with Gasteiger partial charge in [-0.2, -0.15) is 26.3 Å². The molecule has 0 saturated heterocycles. The number of rotatable bonds is 4. The first-order valence-electron chi connectivity index (χ1n) is 10.7. The Labute approximate surface area is 198 Å². The molecule has 0 aliphatic heterocycles. The Morgan fingerprint density at radius 3 is 1.26 bits per heavy atom. The smallest absolute Gasteiger partial charge is 0.252 e. The first-order chi connectivity index (χ1) is 16.4. The molecule has 4 rings (SSSR count). The lowest BCUT2D eigenvalue weighted by atomic mass is 9.84. The summed E-state index contributed by atoms with van der Waals surface area (Å²) in [5, 5.41) is 0. The summed E-state index contributed by atoms with van der Waals surface area (Å²) in [6.07, 6.45) is -8.94. The van der Waals surface area contributed by atoms with Crippen LogP contribution in [0, 0.1) is 0 Å². The second kappa shape index (κ2) is 8.83. The number of halogens is 6. The summed E-state index contributed by atoms with van der Waals surface area (Å²) in [5.74, 6) is 0. The molecular weight excluding hydrogens is 466 g/mol. The molecule has 0 aliphatic carbocycles. The molecule has 0 spiro atoms. The molecule has 2 heterocycles. The molecule has 8 heteroatoms. The van der Waals surface area contributed by atoms with E-state index in [1.54, 1.807) is 48.5 Å². The minimum absolute atomic E-state index is 0.322. The molecule has 2 aromatic carbocycles. The maximum Gasteiger partial charge on any atom is 0.416 e. The monoisotopic (exact) mass is 486 g/mol. The Morgan fingerprint density at radius 1 is 0.514 bits per heavy atom. The van der Waals surface area contributed by atoms with Gasteiger partial charge in [0.15, 0.2) is 0 Å². The van der Waals surface area contributed by atoms with E-state index in [1.165, 1.54) is 12.1 Å². The van der Waals surface area contributed by atoms with Gasteiger partial charge in [-0.05, 0) is 62.4 Å². The molecule has 2 nitrogen and oxygen atoms in total. The topological polar surface area (TPSA) is 25.8 Å². The van der Waals surface area contributed by atoms with Crippen LogP contribution in [-0.4, -0.2) is 9.97 Å². The van der Waals surface area contributed by atoms with Crippen LogP contribution in [-0.2, 0) is 17.8 Å². The fourth-order valence-electron chi connectivity index (χ4n) is 3.73. The Bertz CT molecular complexity index is 1250. The highest BCUT2D eigenvalue weighted by Gasteiger charge is 2.32. The van der Waals surface area contributed by atoms with Gasteiger partial charge in [0.05, 0.1) is 33.9 Å². The predicted molar refractivity (Wildman–Crippen MR) is 121 cm³/mol. The van der Waals surface area contributed by atoms with E-state index >= 15 is 0 Å². The molecule has 0 unspecified atom stereocenters. The van der Waals surface area contributed by atoms with Crippen molar-refractivity contribution in [3.63, 3.8) is 0 Å². The molecule has 0 amide bonds. The normalized spacial score (nSPS) is 12.6. The van der Waals surface area contributed by atoms with Crippen molar-refractivity contribution in [1.29, 1.82) is 0 Å². The van der Waals surface area contributed by atoms with E-state index in [0.29, 0.717) is 33.9 Å². The average Bonchev–Trinajstić information content (AvgIpc) is 2.83. The fourth-order valence-corrected chi connectivity index (χ4v) is 3.73. The lowest BCUT2D eigenvalue weighted by molar-refractivity contribution is -0.138. The Morgan fingerprint density at radius 2 is 0.886 bits per heavy atom. The van der Waals surface area contributed by atoms with Crippen LogP contribution in [0.4, 0.5) is 26.3 Å². The number of pyridine rings is 2. The third-order valence-electron chi connectivity index (χ3n) is 5.75. The van der Waals surface area contributed by atoms with Crippen LogP contribution in [0.15, 0.2) is 84.9 Å². The van der Waals surface area contributed by atoms with Crippen molar-refractivity contribution < 1.29 is 26.3 Å². The van der Waals surface area contributed by atoms with E-state index in [1.807, 2.05) is 13.8 Å². The molecule has 35 heavy (non-hydrogen) atoms. The standard InChI is InChI=1S/C27H20F6N2/c1-25(2,23-13-5-11-21(34-23)17-7-3-9-19(15-17)26(28,29)30)24-14-6-12-22(35-24)18-8-4-10-20(16-18)27(31,32)33/h3-16H,1-2H3. The van der Waals surface area contributed by atoms with Crippen molar-refractivity contribution in [3.05, 3.63) is 107 Å². The van der Waals surface area contributed by atoms with Gasteiger partial charge in [-0.15, -0.1) is 0 Å². The summed E-state index contributed by atoms with van der Waals surface area (Å²) in [6, 6.07) is 20.0. The second-order valence-corrected chi connectivity index (χ2v) is 8.60. The largest absolute Gasteiger partial charge is 0.416 e. The van der Waals surface area contributed by atoms with Gasteiger partial charge in [0.25, 0.3) is 0 Å². The molecule has 0 bridgehead atoms. The molecule has 0 saturated carbocycles. The van der Waals surface area contributed by atoms with Gasteiger partial charge < -0.3 is 0 Å². The number of alkyl halides is 6. The molecule has 2 aromatic heterocycles. The highest BCUT2D eigenvalue weighted by atomic mass is 19.4. The van der Waals surface area contributed by atoms with Crippen LogP contribution in [0.1, 0.15) is 36.4 Å². The first-order valence-corrected chi connectivity index (χ1v) is 10.7. The van der Waals surface area contributed by atoms with Crippen LogP contribution in [0.25, 0.3) is 22.5 Å². The Hall–Kier alpha value is -3.68. The van der Waals surface area contributed by atoms with E-state index in [4.69, 9.17) is 0 Å². The summed E-state index contributed by atoms with van der Waals surface area (Å²) >= 11 is 0. The molecule has 4 aromatic rings. The number of hydrogen-bond acceptors (Lipinski definition) is 2. The molecule has 180 valence electrons. The SMILES string of the molecule is CC(C)(c1cccc(-c2cccc(C(F)(F)F)c2)n1)c1cccc(-c2cccc(C(F)(F)F)c2)n1. The van der Waals surface area contributed by atoms with Crippen LogP contribution < -0.4 is 0 Å². The van der Waals surface area contributed by atoms with Crippen molar-refractivity contribution in [2.24, 2.45) is 0 Å². The summed E-state index contributed by atoms with van der Waals surface area (Å²) in [6.45, 7) is 3.70. The van der Waals surface area contributed by atoms with Gasteiger partial charge in [-0.25, -0.2) is 0 Å². The molecule has 0 atom stereocenters. The molecule has 0 N–H and O–H groups in total. The first kappa shape index (κ1) is 24.4. The van der Waals surface area contributed by atoms with E-state index in [9.17, 15) is 26.3 Å². The lowest BCUT2D eigenvalue weighted by Crippen LogP contribution is -2.22. The summed E-state index contributed by atoms with van der Waals surface area (Å²) in [7, 11) is 0. The number of benzene rings is 2. The highest BCUT2D eigenvalue weighted by Crippen LogP contribution is 2.35. The van der Waals surface area contributed by atoms with Crippen LogP contribution in [0.5, 0.6) is 0 Å². The van der Waals surface area contributed by atoms with E-state index in [-0.39, 0.29) is 0 Å². The van der Waals surface area contributed by atoms with Crippen molar-refractivity contribution in [3.8, 4) is 22.5 Å². The van der Waals surface area contributed by atoms with Crippen molar-refractivity contribution in [2.45, 2.75) is 31.6 Å². The highest BCUT2D eigenvalue weighted by molar-refractivity contribution is 5.62. The maximum absolute atomic E-state index is 13.2. The van der Waals surface area contributed by atoms with Crippen LogP contribution in [0.3, 0.4) is 0 Å². The quantitative estimate of drug-likeness (QED) is 0.272. The van der Waals surface area contributed by atoms with Gasteiger partial charge in [-0.3, -0.25) is 9.97 Å². The van der Waals surface area contributed by atoms with Crippen molar-refractivity contribution >= 4 is 0 Å². The van der Waals surface area contributed by atoms with Gasteiger partial charge in [-0.1, -0.05) is 36.4 Å². The Kier molecular flexibility index (Phi) is 6.17. The average molecular weight is 486 g/mol. The van der Waals surface area contributed by atoms with Gasteiger partial charge in [0.2, 0.25) is 0 Å². The van der Waals surface area contributed by atoms with Gasteiger partial charge in [0, 0.05) is 16.5 Å². The molecule has 0 aliphatic rings. The van der Waals surface area contributed by atoms with Crippen LogP contribution in [0.2, 0.25) is 0 Å². The third kappa shape index (κ3) is 5.21. The minimum Gasteiger partial charge on any atom is -0.252 e. The van der Waals surface area contributed by atoms with Crippen LogP contribution >= 0.6 is 0 Å². The number of hydrogen-bond donors (Lipinski definition) is 0. The molecule has 0 fully saturated rings. The van der Waals surface area contributed by atoms with E-state index in [0.717, 1.165) is 24.3 Å². The number of aromatic nitrogens is 2. The minimum atomic E-state index is -4.47. The maximum atomic E-state index is 13.2. The lowest BCUT2D eigenvalue weighted by Gasteiger charge is -2.25.